The molecule has 0 aliphatic carbocycles. The van der Waals surface area contributed by atoms with Crippen LogP contribution in [0.4, 0.5) is 0 Å². The molecule has 8 amide bonds. The van der Waals surface area contributed by atoms with Crippen LogP contribution < -0.4 is 54.4 Å². The number of phenolic OH excluding ortho intramolecular Hbond substituents is 1. The third kappa shape index (κ3) is 19.2. The van der Waals surface area contributed by atoms with Crippen LogP contribution in [0.1, 0.15) is 85.6 Å². The van der Waals surface area contributed by atoms with E-state index in [4.69, 9.17) is 22.3 Å². The van der Waals surface area contributed by atoms with Crippen LogP contribution >= 0.6 is 0 Å². The number of nitrogens with two attached hydrogens (primary N) is 3. The van der Waals surface area contributed by atoms with Crippen molar-refractivity contribution in [3.8, 4) is 5.75 Å². The number of aliphatic hydroxyl groups is 1. The van der Waals surface area contributed by atoms with Crippen molar-refractivity contribution >= 4 is 65.2 Å². The fraction of sp³-hybridized carbons (Fsp3) is 0.605. The van der Waals surface area contributed by atoms with Crippen LogP contribution in [0.2, 0.25) is 0 Å². The lowest BCUT2D eigenvalue weighted by atomic mass is 10.00. The third-order valence-electron chi connectivity index (χ3n) is 10.9. The first kappa shape index (κ1) is 58.0. The molecule has 1 heterocycles. The van der Waals surface area contributed by atoms with Gasteiger partial charge in [0.1, 0.15) is 54.1 Å². The average Bonchev–Trinajstić information content (AvgIpc) is 3.76. The molecule has 0 bridgehead atoms. The van der Waals surface area contributed by atoms with E-state index in [9.17, 15) is 63.3 Å². The van der Waals surface area contributed by atoms with E-state index in [1.54, 1.807) is 0 Å². The van der Waals surface area contributed by atoms with E-state index in [0.717, 1.165) is 6.92 Å². The second-order valence-corrected chi connectivity index (χ2v) is 17.2. The van der Waals surface area contributed by atoms with E-state index in [1.165, 1.54) is 63.8 Å². The number of benzene rings is 1. The van der Waals surface area contributed by atoms with Crippen LogP contribution in [-0.2, 0) is 54.4 Å². The lowest BCUT2D eigenvalue weighted by Gasteiger charge is -2.30. The Kier molecular flexibility index (Phi) is 23.3. The number of likely N-dealkylation sites (tertiary alicyclic amines) is 1. The van der Waals surface area contributed by atoms with Gasteiger partial charge in [0.15, 0.2) is 5.96 Å². The lowest BCUT2D eigenvalue weighted by Crippen LogP contribution is -2.62. The predicted molar refractivity (Wildman–Crippen MR) is 246 cm³/mol. The zero-order valence-electron chi connectivity index (χ0n) is 39.5. The van der Waals surface area contributed by atoms with Crippen LogP contribution in [0.25, 0.3) is 0 Å². The molecule has 0 radical (unpaired) electrons. The number of guanidine groups is 1. The van der Waals surface area contributed by atoms with E-state index < -0.39 is 138 Å². The SMILES string of the molecule is CC(C)[C@H](NC(=O)[C@@H](NC(=O)[C@H](Cc1ccc(O)cc1)NC(=O)[C@H](CCCN=C(N)N)NC(=O)[C@@H]1CCCN1C(=O)[C@H](C)N)[C@@H](C)O)C(=O)N[C@@H](CCC(=O)O)C(=O)N[C@@H](C)C(=O)N[C@@H](C)C(=O)O. The quantitative estimate of drug-likeness (QED) is 0.0226. The number of hydrogen-bond donors (Lipinski definition) is 14. The van der Waals surface area contributed by atoms with Gasteiger partial charge in [-0.1, -0.05) is 26.0 Å². The highest BCUT2D eigenvalue weighted by Crippen LogP contribution is 2.19. The number of aromatic hydroxyl groups is 1. The maximum absolute atomic E-state index is 14.2. The molecule has 1 saturated heterocycles. The summed E-state index contributed by atoms with van der Waals surface area (Å²) < 4.78 is 0. The Morgan fingerprint density at radius 3 is 1.78 bits per heavy atom. The van der Waals surface area contributed by atoms with Crippen molar-refractivity contribution in [2.45, 2.75) is 147 Å². The summed E-state index contributed by atoms with van der Waals surface area (Å²) in [6, 6.07) is -6.60. The highest BCUT2D eigenvalue weighted by atomic mass is 16.4. The molecule has 1 aromatic carbocycles. The van der Waals surface area contributed by atoms with E-state index in [-0.39, 0.29) is 50.5 Å². The van der Waals surface area contributed by atoms with Crippen LogP contribution in [0.5, 0.6) is 5.75 Å². The zero-order valence-corrected chi connectivity index (χ0v) is 39.5. The number of rotatable bonds is 27. The fourth-order valence-electron chi connectivity index (χ4n) is 6.97. The smallest absolute Gasteiger partial charge is 0.325 e. The molecular weight excluding hydrogens is 909 g/mol. The van der Waals surface area contributed by atoms with Crippen molar-refractivity contribution in [3.63, 3.8) is 0 Å². The van der Waals surface area contributed by atoms with Crippen molar-refractivity contribution in [1.29, 1.82) is 0 Å². The van der Waals surface area contributed by atoms with E-state index >= 15 is 0 Å². The van der Waals surface area contributed by atoms with E-state index in [0.29, 0.717) is 12.0 Å². The van der Waals surface area contributed by atoms with Gasteiger partial charge in [-0.3, -0.25) is 52.9 Å². The number of aliphatic imine (C=N–C) groups is 1. The van der Waals surface area contributed by atoms with Gasteiger partial charge in [0.2, 0.25) is 47.3 Å². The third-order valence-corrected chi connectivity index (χ3v) is 10.9. The normalized spacial score (nSPS) is 17.2. The number of amides is 8. The minimum Gasteiger partial charge on any atom is -0.508 e. The topological polar surface area (TPSA) is 429 Å². The van der Waals surface area contributed by atoms with Crippen molar-refractivity contribution in [3.05, 3.63) is 29.8 Å². The largest absolute Gasteiger partial charge is 0.508 e. The Morgan fingerprint density at radius 1 is 0.696 bits per heavy atom. The number of carboxylic acid groups (broad SMARTS) is 2. The first-order valence-electron chi connectivity index (χ1n) is 22.4. The number of carbonyl (C=O) groups is 10. The van der Waals surface area contributed by atoms with Gasteiger partial charge in [0.25, 0.3) is 0 Å². The van der Waals surface area contributed by atoms with Crippen LogP contribution in [0, 0.1) is 5.92 Å². The fourth-order valence-corrected chi connectivity index (χ4v) is 6.97. The van der Waals surface area contributed by atoms with Crippen molar-refractivity contribution in [2.24, 2.45) is 28.1 Å². The van der Waals surface area contributed by atoms with Gasteiger partial charge in [-0.25, -0.2) is 0 Å². The second-order valence-electron chi connectivity index (χ2n) is 17.2. The Bertz CT molecular complexity index is 2030. The molecule has 1 aliphatic rings. The molecule has 26 nitrogen and oxygen atoms in total. The number of carbonyl (C=O) groups excluding carboxylic acids is 8. The number of nitrogens with one attached hydrogen (secondary N) is 7. The Labute approximate surface area is 398 Å². The highest BCUT2D eigenvalue weighted by Gasteiger charge is 2.39. The molecule has 69 heavy (non-hydrogen) atoms. The maximum atomic E-state index is 14.2. The number of phenols is 1. The predicted octanol–water partition coefficient (Wildman–Crippen LogP) is -4.25. The first-order chi connectivity index (χ1) is 32.2. The summed E-state index contributed by atoms with van der Waals surface area (Å²) in [6.07, 6.45) is -2.08. The number of carboxylic acids is 2. The second kappa shape index (κ2) is 27.7. The lowest BCUT2D eigenvalue weighted by molar-refractivity contribution is -0.141. The molecule has 17 N–H and O–H groups in total. The van der Waals surface area contributed by atoms with Gasteiger partial charge in [0, 0.05) is 25.9 Å². The summed E-state index contributed by atoms with van der Waals surface area (Å²) in [5.41, 5.74) is 17.1. The summed E-state index contributed by atoms with van der Waals surface area (Å²) >= 11 is 0. The molecule has 0 spiro atoms. The van der Waals surface area contributed by atoms with Gasteiger partial charge in [0.05, 0.1) is 12.1 Å². The molecule has 0 saturated carbocycles. The van der Waals surface area contributed by atoms with Crippen molar-refractivity contribution in [2.75, 3.05) is 13.1 Å². The molecule has 2 rings (SSSR count). The van der Waals surface area contributed by atoms with Gasteiger partial charge in [-0.05, 0) is 83.4 Å². The van der Waals surface area contributed by atoms with Crippen molar-refractivity contribution < 1.29 is 68.4 Å². The van der Waals surface area contributed by atoms with Gasteiger partial charge >= 0.3 is 11.9 Å². The molecule has 0 unspecified atom stereocenters. The minimum atomic E-state index is -1.80. The van der Waals surface area contributed by atoms with Crippen LogP contribution in [0.3, 0.4) is 0 Å². The zero-order chi connectivity index (χ0) is 52.3. The average molecular weight is 977 g/mol. The van der Waals surface area contributed by atoms with E-state index in [1.807, 2.05) is 0 Å². The Morgan fingerprint density at radius 2 is 1.23 bits per heavy atom. The number of hydrogen-bond acceptors (Lipinski definition) is 14. The monoisotopic (exact) mass is 976 g/mol. The van der Waals surface area contributed by atoms with Crippen LogP contribution in [-0.4, -0.2) is 164 Å². The van der Waals surface area contributed by atoms with Gasteiger partial charge in [-0.15, -0.1) is 0 Å². The number of aliphatic carboxylic acids is 2. The summed E-state index contributed by atoms with van der Waals surface area (Å²) in [5.74, 6) is -10.7. The van der Waals surface area contributed by atoms with Crippen LogP contribution in [0.15, 0.2) is 29.3 Å². The van der Waals surface area contributed by atoms with Gasteiger partial charge in [-0.2, -0.15) is 0 Å². The molecule has 1 fully saturated rings. The number of aliphatic hydroxyl groups excluding tert-OH is 1. The first-order valence-corrected chi connectivity index (χ1v) is 22.4. The highest BCUT2D eigenvalue weighted by molar-refractivity contribution is 5.98. The molecular formula is C43H68N12O14. The van der Waals surface area contributed by atoms with Crippen molar-refractivity contribution in [1.82, 2.24) is 42.1 Å². The molecule has 0 aromatic heterocycles. The summed E-state index contributed by atoms with van der Waals surface area (Å²) in [4.78, 5) is 136. The Hall–Kier alpha value is -7.09. The molecule has 10 atom stereocenters. The van der Waals surface area contributed by atoms with Gasteiger partial charge < -0.3 is 79.7 Å². The Balaban J connectivity index is 2.41. The molecule has 26 heteroatoms. The summed E-state index contributed by atoms with van der Waals surface area (Å²) in [7, 11) is 0. The number of nitrogens with zero attached hydrogens (tertiary/aromatic N) is 2. The molecule has 1 aliphatic heterocycles. The molecule has 1 aromatic rings. The summed E-state index contributed by atoms with van der Waals surface area (Å²) in [5, 5.41) is 56.1. The summed E-state index contributed by atoms with van der Waals surface area (Å²) in [6.45, 7) is 8.41. The van der Waals surface area contributed by atoms with E-state index in [2.05, 4.69) is 42.2 Å². The standard InChI is InChI=1S/C43H68N12O14/c1-20(2)32(39(65)51-28(15-16-31(58)59)35(61)48-22(4)34(60)49-23(5)42(68)69)53-40(66)33(24(6)56)54-37(63)29(19-25-11-13-26(57)14-12-25)52-36(62)27(9-7-17-47-43(45)46)50-38(64)30-10-8-18-55(30)41(67)21(3)44/h11-14,20-24,27-30,32-33,56-57H,7-10,15-19,44H2,1-6H3,(H,48,61)(H,49,60)(H,50,64)(H,51,65)(H,52,62)(H,53,66)(H,54,63)(H,58,59)(H,68,69)(H4,45,46,47)/t21-,22-,23-,24+,27-,28-,29-,30-,32-,33-/m0/s1. The minimum absolute atomic E-state index is 0.0491. The maximum Gasteiger partial charge on any atom is 0.325 e. The molecule has 384 valence electrons.